The van der Waals surface area contributed by atoms with E-state index in [-0.39, 0.29) is 5.97 Å². The van der Waals surface area contributed by atoms with Crippen molar-refractivity contribution in [2.75, 3.05) is 6.61 Å². The summed E-state index contributed by atoms with van der Waals surface area (Å²) in [6.45, 7) is 10.7. The van der Waals surface area contributed by atoms with E-state index in [0.29, 0.717) is 18.1 Å². The maximum atomic E-state index is 11.9. The van der Waals surface area contributed by atoms with Gasteiger partial charge in [0, 0.05) is 28.9 Å². The van der Waals surface area contributed by atoms with E-state index < -0.39 is 0 Å². The number of carbonyl (C=O) groups is 1. The van der Waals surface area contributed by atoms with Crippen LogP contribution in [0.15, 0.2) is 59.6 Å². The maximum absolute atomic E-state index is 11.9. The van der Waals surface area contributed by atoms with Crippen molar-refractivity contribution < 1.29 is 9.53 Å². The Labute approximate surface area is 172 Å². The fourth-order valence-corrected chi connectivity index (χ4v) is 3.51. The number of para-hydroxylation sites is 1. The number of hydrogen-bond acceptors (Lipinski definition) is 3. The zero-order chi connectivity index (χ0) is 21.0. The second-order valence-corrected chi connectivity index (χ2v) is 7.40. The average molecular weight is 389 g/mol. The van der Waals surface area contributed by atoms with Gasteiger partial charge in [-0.05, 0) is 68.7 Å². The zero-order valence-electron chi connectivity index (χ0n) is 17.8. The lowest BCUT2D eigenvalue weighted by Crippen LogP contribution is -2.05. The van der Waals surface area contributed by atoms with E-state index >= 15 is 0 Å². The molecule has 0 bridgehead atoms. The summed E-state index contributed by atoms with van der Waals surface area (Å²) in [5, 5.41) is 0. The summed E-state index contributed by atoms with van der Waals surface area (Å²) in [5.41, 5.74) is 7.12. The molecule has 0 N–H and O–H groups in total. The van der Waals surface area contributed by atoms with Gasteiger partial charge in [-0.15, -0.1) is 0 Å². The van der Waals surface area contributed by atoms with E-state index in [4.69, 9.17) is 9.73 Å². The molecule has 3 aromatic rings. The molecular weight excluding hydrogens is 360 g/mol. The molecular formula is C25H28N2O2. The van der Waals surface area contributed by atoms with Crippen molar-refractivity contribution in [2.24, 2.45) is 4.99 Å². The number of benzene rings is 2. The Balaban J connectivity index is 1.91. The molecule has 0 atom stereocenters. The van der Waals surface area contributed by atoms with Crippen molar-refractivity contribution in [3.63, 3.8) is 0 Å². The van der Waals surface area contributed by atoms with E-state index in [1.54, 1.807) is 19.1 Å². The number of rotatable bonds is 6. The summed E-state index contributed by atoms with van der Waals surface area (Å²) in [6.07, 6.45) is 1.94. The first-order valence-electron chi connectivity index (χ1n) is 10.0. The van der Waals surface area contributed by atoms with Gasteiger partial charge in [0.15, 0.2) is 0 Å². The van der Waals surface area contributed by atoms with Gasteiger partial charge in [0.2, 0.25) is 0 Å². The lowest BCUT2D eigenvalue weighted by atomic mass is 10.0. The van der Waals surface area contributed by atoms with Crippen LogP contribution in [0.2, 0.25) is 0 Å². The summed E-state index contributed by atoms with van der Waals surface area (Å²) in [5.74, 6) is 0.130. The lowest BCUT2D eigenvalue weighted by Gasteiger charge is -2.10. The van der Waals surface area contributed by atoms with Gasteiger partial charge in [-0.2, -0.15) is 0 Å². The molecule has 2 aromatic carbocycles. The predicted octanol–water partition coefficient (Wildman–Crippen LogP) is 6.14. The third kappa shape index (κ3) is 4.48. The fourth-order valence-electron chi connectivity index (χ4n) is 3.51. The molecule has 1 aromatic heterocycles. The fraction of sp³-hybridized carbons (Fsp3) is 0.280. The van der Waals surface area contributed by atoms with Crippen LogP contribution < -0.4 is 0 Å². The highest BCUT2D eigenvalue weighted by Gasteiger charge is 2.12. The van der Waals surface area contributed by atoms with Gasteiger partial charge >= 0.3 is 5.97 Å². The highest BCUT2D eigenvalue weighted by Crippen LogP contribution is 2.27. The summed E-state index contributed by atoms with van der Waals surface area (Å²) in [4.78, 5) is 16.6. The topological polar surface area (TPSA) is 43.6 Å². The van der Waals surface area contributed by atoms with Crippen LogP contribution in [-0.4, -0.2) is 23.4 Å². The van der Waals surface area contributed by atoms with Crippen molar-refractivity contribution >= 4 is 17.9 Å². The van der Waals surface area contributed by atoms with Crippen molar-refractivity contribution in [2.45, 2.75) is 40.5 Å². The van der Waals surface area contributed by atoms with Gasteiger partial charge < -0.3 is 9.30 Å². The highest BCUT2D eigenvalue weighted by molar-refractivity contribution is 5.89. The molecule has 1 heterocycles. The number of ether oxygens (including phenoxy) is 1. The molecule has 150 valence electrons. The van der Waals surface area contributed by atoms with E-state index in [9.17, 15) is 4.79 Å². The average Bonchev–Trinajstić information content (AvgIpc) is 3.00. The minimum atomic E-state index is -0.295. The zero-order valence-corrected chi connectivity index (χ0v) is 17.8. The molecule has 0 radical (unpaired) electrons. The molecule has 0 amide bonds. The molecule has 4 nitrogen and oxygen atoms in total. The van der Waals surface area contributed by atoms with Crippen LogP contribution in [0, 0.1) is 13.8 Å². The number of aromatic nitrogens is 1. The molecule has 0 unspecified atom stereocenters. The third-order valence-corrected chi connectivity index (χ3v) is 5.01. The van der Waals surface area contributed by atoms with Gasteiger partial charge in [0.1, 0.15) is 0 Å². The molecule has 0 saturated carbocycles. The number of nitrogens with zero attached hydrogens (tertiary/aromatic N) is 2. The van der Waals surface area contributed by atoms with Crippen LogP contribution in [0.5, 0.6) is 0 Å². The molecule has 0 fully saturated rings. The first kappa shape index (κ1) is 20.6. The predicted molar refractivity (Wildman–Crippen MR) is 119 cm³/mol. The van der Waals surface area contributed by atoms with E-state index in [0.717, 1.165) is 28.3 Å². The quantitative estimate of drug-likeness (QED) is 0.376. The van der Waals surface area contributed by atoms with Crippen LogP contribution in [-0.2, 0) is 4.74 Å². The summed E-state index contributed by atoms with van der Waals surface area (Å²) in [6, 6.07) is 17.9. The molecule has 0 aliphatic heterocycles. The largest absolute Gasteiger partial charge is 0.462 e. The number of aliphatic imine (C=N–C) groups is 1. The monoisotopic (exact) mass is 388 g/mol. The van der Waals surface area contributed by atoms with Gasteiger partial charge in [-0.25, -0.2) is 4.79 Å². The van der Waals surface area contributed by atoms with Crippen LogP contribution in [0.3, 0.4) is 0 Å². The van der Waals surface area contributed by atoms with Crippen LogP contribution in [0.1, 0.15) is 59.6 Å². The Kier molecular flexibility index (Phi) is 6.32. The molecule has 4 heteroatoms. The molecule has 0 aliphatic carbocycles. The summed E-state index contributed by atoms with van der Waals surface area (Å²) < 4.78 is 7.23. The molecule has 0 aliphatic rings. The second kappa shape index (κ2) is 8.91. The van der Waals surface area contributed by atoms with E-state index in [1.165, 1.54) is 5.56 Å². The minimum Gasteiger partial charge on any atom is -0.462 e. The van der Waals surface area contributed by atoms with Gasteiger partial charge in [-0.1, -0.05) is 32.0 Å². The Hall–Kier alpha value is -3.14. The maximum Gasteiger partial charge on any atom is 0.338 e. The van der Waals surface area contributed by atoms with Crippen molar-refractivity contribution in [1.82, 2.24) is 4.57 Å². The molecule has 0 spiro atoms. The van der Waals surface area contributed by atoms with Gasteiger partial charge in [0.05, 0.1) is 17.9 Å². The lowest BCUT2D eigenvalue weighted by molar-refractivity contribution is 0.0526. The first-order chi connectivity index (χ1) is 13.9. The summed E-state index contributed by atoms with van der Waals surface area (Å²) >= 11 is 0. The molecule has 0 saturated heterocycles. The molecule has 29 heavy (non-hydrogen) atoms. The first-order valence-corrected chi connectivity index (χ1v) is 10.0. The number of hydrogen-bond donors (Lipinski definition) is 0. The third-order valence-electron chi connectivity index (χ3n) is 5.01. The Bertz CT molecular complexity index is 1030. The van der Waals surface area contributed by atoms with Crippen molar-refractivity contribution in [3.05, 3.63) is 82.7 Å². The number of aryl methyl sites for hydroxylation is 1. The van der Waals surface area contributed by atoms with Gasteiger partial charge in [-0.3, -0.25) is 4.99 Å². The van der Waals surface area contributed by atoms with Crippen LogP contribution in [0.4, 0.5) is 5.69 Å². The van der Waals surface area contributed by atoms with Crippen LogP contribution >= 0.6 is 0 Å². The normalized spacial score (nSPS) is 11.4. The summed E-state index contributed by atoms with van der Waals surface area (Å²) in [7, 11) is 0. The SMILES string of the molecule is CCOC(=O)c1ccc(-n2c(C)cc(C=Nc3ccccc3C(C)C)c2C)cc1. The standard InChI is InChI=1S/C25H28N2O2/c1-6-29-25(28)20-11-13-22(14-12-20)27-18(4)15-21(19(27)5)16-26-24-10-8-7-9-23(24)17(2)3/h7-17H,6H2,1-5H3. The number of esters is 1. The van der Waals surface area contributed by atoms with Crippen molar-refractivity contribution in [3.8, 4) is 5.69 Å². The van der Waals surface area contributed by atoms with Crippen LogP contribution in [0.25, 0.3) is 5.69 Å². The number of carbonyl (C=O) groups excluding carboxylic acids is 1. The Morgan fingerprint density at radius 2 is 1.79 bits per heavy atom. The second-order valence-electron chi connectivity index (χ2n) is 7.40. The van der Waals surface area contributed by atoms with E-state index in [2.05, 4.69) is 56.5 Å². The Morgan fingerprint density at radius 3 is 2.45 bits per heavy atom. The highest BCUT2D eigenvalue weighted by atomic mass is 16.5. The van der Waals surface area contributed by atoms with Crippen molar-refractivity contribution in [1.29, 1.82) is 0 Å². The van der Waals surface area contributed by atoms with Gasteiger partial charge in [0.25, 0.3) is 0 Å². The Morgan fingerprint density at radius 1 is 1.10 bits per heavy atom. The minimum absolute atomic E-state index is 0.295. The molecule has 3 rings (SSSR count). The smallest absolute Gasteiger partial charge is 0.338 e. The van der Waals surface area contributed by atoms with E-state index in [1.807, 2.05) is 24.4 Å².